The number of aliphatic hydroxyl groups excluding tert-OH is 1. The van der Waals surface area contributed by atoms with Crippen molar-refractivity contribution in [2.75, 3.05) is 0 Å². The molecule has 0 aliphatic heterocycles. The van der Waals surface area contributed by atoms with Crippen molar-refractivity contribution < 1.29 is 5.11 Å². The van der Waals surface area contributed by atoms with Crippen LogP contribution in [0.3, 0.4) is 0 Å². The average molecular weight is 561 g/mol. The second kappa shape index (κ2) is 16.7. The van der Waals surface area contributed by atoms with Crippen LogP contribution in [0.2, 0.25) is 0 Å². The summed E-state index contributed by atoms with van der Waals surface area (Å²) in [5, 5.41) is 10.1. The molecule has 41 heavy (non-hydrogen) atoms. The molecule has 2 aliphatic rings. The summed E-state index contributed by atoms with van der Waals surface area (Å²) in [6, 6.07) is 0. The van der Waals surface area contributed by atoms with Crippen molar-refractivity contribution >= 4 is 0 Å². The molecule has 2 aliphatic carbocycles. The minimum atomic E-state index is -0.188. The maximum absolute atomic E-state index is 10.1. The number of rotatable bonds is 14. The maximum Gasteiger partial charge on any atom is 0.0585 e. The van der Waals surface area contributed by atoms with Gasteiger partial charge in [-0.2, -0.15) is 0 Å². The first-order chi connectivity index (χ1) is 19.2. The van der Waals surface area contributed by atoms with E-state index < -0.39 is 0 Å². The van der Waals surface area contributed by atoms with E-state index in [4.69, 9.17) is 0 Å². The topological polar surface area (TPSA) is 20.2 Å². The molecular weight excluding hydrogens is 496 g/mol. The first-order valence-corrected chi connectivity index (χ1v) is 16.7. The highest BCUT2D eigenvalue weighted by atomic mass is 16.3. The van der Waals surface area contributed by atoms with Crippen LogP contribution in [0, 0.1) is 34.5 Å². The van der Waals surface area contributed by atoms with Crippen LogP contribution in [0.1, 0.15) is 127 Å². The van der Waals surface area contributed by atoms with E-state index in [-0.39, 0.29) is 11.5 Å². The lowest BCUT2D eigenvalue weighted by Crippen LogP contribution is -2.28. The molecule has 0 heterocycles. The van der Waals surface area contributed by atoms with Crippen molar-refractivity contribution in [1.29, 1.82) is 0 Å². The zero-order valence-corrected chi connectivity index (χ0v) is 28.5. The summed E-state index contributed by atoms with van der Waals surface area (Å²) in [6.45, 7) is 23.1. The number of hydrogen-bond acceptors (Lipinski definition) is 1. The minimum Gasteiger partial charge on any atom is -0.393 e. The van der Waals surface area contributed by atoms with Crippen molar-refractivity contribution in [3.05, 3.63) is 83.1 Å². The van der Waals surface area contributed by atoms with Crippen LogP contribution in [-0.2, 0) is 0 Å². The van der Waals surface area contributed by atoms with Crippen LogP contribution < -0.4 is 0 Å². The Kier molecular flexibility index (Phi) is 14.4. The fraction of sp³-hybridized carbons (Fsp3) is 0.650. The Bertz CT molecular complexity index is 1020. The number of allylic oxidation sites excluding steroid dienone is 13. The predicted octanol–water partition coefficient (Wildman–Crippen LogP) is 11.9. The Balaban J connectivity index is 1.69. The lowest BCUT2D eigenvalue weighted by molar-refractivity contribution is 0.116. The molecule has 0 saturated carbocycles. The minimum absolute atomic E-state index is 0.0666. The van der Waals surface area contributed by atoms with Gasteiger partial charge in [0.2, 0.25) is 0 Å². The molecule has 2 rings (SSSR count). The van der Waals surface area contributed by atoms with Crippen LogP contribution in [0.15, 0.2) is 83.1 Å². The van der Waals surface area contributed by atoms with E-state index in [1.807, 2.05) is 0 Å². The first-order valence-electron chi connectivity index (χ1n) is 16.7. The summed E-state index contributed by atoms with van der Waals surface area (Å²) in [4.78, 5) is 0. The molecular formula is C40H64O. The first kappa shape index (κ1) is 35.3. The highest BCUT2D eigenvalue weighted by molar-refractivity contribution is 5.34. The molecule has 0 aromatic heterocycles. The van der Waals surface area contributed by atoms with Gasteiger partial charge in [-0.05, 0) is 111 Å². The largest absolute Gasteiger partial charge is 0.393 e. The monoisotopic (exact) mass is 560 g/mol. The van der Waals surface area contributed by atoms with Crippen LogP contribution in [-0.4, -0.2) is 11.2 Å². The van der Waals surface area contributed by atoms with Gasteiger partial charge in [-0.3, -0.25) is 0 Å². The molecule has 1 heteroatoms. The zero-order chi connectivity index (χ0) is 30.6. The molecule has 0 spiro atoms. The maximum atomic E-state index is 10.1. The van der Waals surface area contributed by atoms with Crippen molar-refractivity contribution in [2.45, 2.75) is 133 Å². The molecule has 0 amide bonds. The van der Waals surface area contributed by atoms with E-state index in [1.165, 1.54) is 49.7 Å². The third-order valence-electron chi connectivity index (χ3n) is 9.43. The zero-order valence-electron chi connectivity index (χ0n) is 28.5. The standard InChI is InChI=1S/C40H64O/c1-30(18-13-20-32(3)23-25-37-34(5)22-15-27-39(37,7)8)16-11-12-17-31(2)19-14-21-33(4)24-26-38-35(6)28-36(41)29-40(38,9)10/h11-13,16-18,23-26,30-33,36,41H,14-15,19-22,27-29H2,1-10H3/b16-11+,17-12+,18-13+,25-23+,26-24+/t30?,31?,32?,33?,36-/m1/s1. The Morgan fingerprint density at radius 3 is 1.98 bits per heavy atom. The molecule has 0 bridgehead atoms. The molecule has 0 aromatic carbocycles. The Hall–Kier alpha value is -1.86. The van der Waals surface area contributed by atoms with Gasteiger partial charge in [0.15, 0.2) is 0 Å². The summed E-state index contributed by atoms with van der Waals surface area (Å²) in [6.07, 6.45) is 33.6. The molecule has 4 unspecified atom stereocenters. The second-order valence-corrected chi connectivity index (χ2v) is 14.9. The van der Waals surface area contributed by atoms with Crippen molar-refractivity contribution in [1.82, 2.24) is 0 Å². The number of hydrogen-bond donors (Lipinski definition) is 1. The van der Waals surface area contributed by atoms with E-state index in [9.17, 15) is 5.11 Å². The van der Waals surface area contributed by atoms with Crippen molar-refractivity contribution in [3.8, 4) is 0 Å². The van der Waals surface area contributed by atoms with E-state index in [0.29, 0.717) is 29.1 Å². The van der Waals surface area contributed by atoms with E-state index in [1.54, 1.807) is 11.1 Å². The molecule has 0 aromatic rings. The van der Waals surface area contributed by atoms with Gasteiger partial charge in [0, 0.05) is 0 Å². The summed E-state index contributed by atoms with van der Waals surface area (Å²) in [7, 11) is 0. The highest BCUT2D eigenvalue weighted by Crippen LogP contribution is 2.42. The fourth-order valence-corrected chi connectivity index (χ4v) is 6.81. The molecule has 0 saturated heterocycles. The molecule has 1 nitrogen and oxygen atoms in total. The van der Waals surface area contributed by atoms with Crippen LogP contribution in [0.4, 0.5) is 0 Å². The Labute approximate surface area is 255 Å². The summed E-state index contributed by atoms with van der Waals surface area (Å²) >= 11 is 0. The van der Waals surface area contributed by atoms with Gasteiger partial charge < -0.3 is 5.11 Å². The molecule has 5 atom stereocenters. The molecule has 1 N–H and O–H groups in total. The Morgan fingerprint density at radius 2 is 1.34 bits per heavy atom. The fourth-order valence-electron chi connectivity index (χ4n) is 6.81. The Morgan fingerprint density at radius 1 is 0.756 bits per heavy atom. The third kappa shape index (κ3) is 12.5. The van der Waals surface area contributed by atoms with E-state index in [2.05, 4.69) is 130 Å². The van der Waals surface area contributed by atoms with E-state index >= 15 is 0 Å². The smallest absolute Gasteiger partial charge is 0.0585 e. The molecule has 230 valence electrons. The van der Waals surface area contributed by atoms with Crippen LogP contribution >= 0.6 is 0 Å². The van der Waals surface area contributed by atoms with Crippen LogP contribution in [0.5, 0.6) is 0 Å². The van der Waals surface area contributed by atoms with Crippen molar-refractivity contribution in [3.63, 3.8) is 0 Å². The summed E-state index contributed by atoms with van der Waals surface area (Å²) in [5.74, 6) is 2.21. The molecule has 0 radical (unpaired) electrons. The normalized spacial score (nSPS) is 24.9. The van der Waals surface area contributed by atoms with Gasteiger partial charge in [-0.25, -0.2) is 0 Å². The predicted molar refractivity (Wildman–Crippen MR) is 183 cm³/mol. The van der Waals surface area contributed by atoms with Gasteiger partial charge >= 0.3 is 0 Å². The van der Waals surface area contributed by atoms with E-state index in [0.717, 1.165) is 19.3 Å². The third-order valence-corrected chi connectivity index (χ3v) is 9.43. The summed E-state index contributed by atoms with van der Waals surface area (Å²) < 4.78 is 0. The highest BCUT2D eigenvalue weighted by Gasteiger charge is 2.31. The van der Waals surface area contributed by atoms with Crippen LogP contribution in [0.25, 0.3) is 0 Å². The van der Waals surface area contributed by atoms with Gasteiger partial charge in [0.05, 0.1) is 6.10 Å². The van der Waals surface area contributed by atoms with Gasteiger partial charge in [-0.15, -0.1) is 0 Å². The van der Waals surface area contributed by atoms with Gasteiger partial charge in [0.25, 0.3) is 0 Å². The summed E-state index contributed by atoms with van der Waals surface area (Å²) in [5.41, 5.74) is 6.32. The average Bonchev–Trinajstić information content (AvgIpc) is 2.84. The lowest BCUT2D eigenvalue weighted by Gasteiger charge is -2.36. The SMILES string of the molecule is CC1=C(/C=C/C(C)C/C=C/C(C)/C=C/C=C/C(C)CCCC(C)/C=C/C2=C(C)C[C@@H](O)CC2(C)C)C(C)(C)CCC1. The quantitative estimate of drug-likeness (QED) is 0.165. The second-order valence-electron chi connectivity index (χ2n) is 14.9. The van der Waals surface area contributed by atoms with Crippen molar-refractivity contribution in [2.24, 2.45) is 34.5 Å². The number of aliphatic hydroxyl groups is 1. The van der Waals surface area contributed by atoms with Gasteiger partial charge in [0.1, 0.15) is 0 Å². The van der Waals surface area contributed by atoms with Gasteiger partial charge in [-0.1, -0.05) is 134 Å². The lowest BCUT2D eigenvalue weighted by atomic mass is 9.71. The molecule has 0 fully saturated rings.